The van der Waals surface area contributed by atoms with Crippen LogP contribution in [0.4, 0.5) is 8.78 Å². The predicted molar refractivity (Wildman–Crippen MR) is 69.9 cm³/mol. The zero-order chi connectivity index (χ0) is 13.7. The van der Waals surface area contributed by atoms with Gasteiger partial charge in [-0.2, -0.15) is 0 Å². The van der Waals surface area contributed by atoms with Crippen LogP contribution in [-0.2, 0) is 13.2 Å². The van der Waals surface area contributed by atoms with E-state index >= 15 is 0 Å². The molecule has 0 aromatic heterocycles. The van der Waals surface area contributed by atoms with Gasteiger partial charge in [0.05, 0.1) is 0 Å². The first kappa shape index (κ1) is 13.5. The number of benzene rings is 2. The number of halogens is 2. The summed E-state index contributed by atoms with van der Waals surface area (Å²) in [6, 6.07) is 11.0. The minimum atomic E-state index is -0.591. The number of rotatable bonds is 5. The van der Waals surface area contributed by atoms with Crippen LogP contribution in [0.2, 0.25) is 0 Å². The van der Waals surface area contributed by atoms with Gasteiger partial charge in [-0.15, -0.1) is 0 Å². The van der Waals surface area contributed by atoms with E-state index in [4.69, 9.17) is 4.74 Å². The predicted octanol–water partition coefficient (Wildman–Crippen LogP) is 3.26. The Bertz CT molecular complexity index is 558. The van der Waals surface area contributed by atoms with Gasteiger partial charge in [0.2, 0.25) is 0 Å². The van der Waals surface area contributed by atoms with Gasteiger partial charge in [0.1, 0.15) is 24.0 Å². The fourth-order valence-corrected chi connectivity index (χ4v) is 1.75. The van der Waals surface area contributed by atoms with Gasteiger partial charge in [0.25, 0.3) is 0 Å². The molecule has 0 aliphatic carbocycles. The van der Waals surface area contributed by atoms with E-state index in [1.807, 2.05) is 25.2 Å². The number of ether oxygens (including phenoxy) is 1. The molecule has 2 aromatic rings. The molecule has 0 amide bonds. The average Bonchev–Trinajstić information content (AvgIpc) is 2.38. The lowest BCUT2D eigenvalue weighted by Gasteiger charge is -2.09. The van der Waals surface area contributed by atoms with E-state index in [9.17, 15) is 8.78 Å². The van der Waals surface area contributed by atoms with Crippen molar-refractivity contribution < 1.29 is 13.5 Å². The van der Waals surface area contributed by atoms with Gasteiger partial charge in [0.15, 0.2) is 0 Å². The molecule has 2 aromatic carbocycles. The molecule has 1 N–H and O–H groups in total. The van der Waals surface area contributed by atoms with Gasteiger partial charge >= 0.3 is 0 Å². The summed E-state index contributed by atoms with van der Waals surface area (Å²) in [5.74, 6) is -0.514. The van der Waals surface area contributed by atoms with Crippen LogP contribution in [0.15, 0.2) is 42.5 Å². The maximum atomic E-state index is 13.4. The Labute approximate surface area is 111 Å². The highest BCUT2D eigenvalue weighted by molar-refractivity contribution is 5.29. The Morgan fingerprint density at radius 1 is 1.11 bits per heavy atom. The van der Waals surface area contributed by atoms with E-state index in [1.165, 1.54) is 12.1 Å². The number of nitrogens with one attached hydrogen (secondary N) is 1. The molecule has 19 heavy (non-hydrogen) atoms. The molecule has 0 aliphatic heterocycles. The summed E-state index contributed by atoms with van der Waals surface area (Å²) in [5, 5.41) is 3.04. The zero-order valence-corrected chi connectivity index (χ0v) is 10.6. The molecule has 0 aliphatic rings. The lowest BCUT2D eigenvalue weighted by molar-refractivity contribution is 0.299. The molecule has 0 saturated heterocycles. The first-order valence-electron chi connectivity index (χ1n) is 5.99. The van der Waals surface area contributed by atoms with Gasteiger partial charge in [-0.1, -0.05) is 12.1 Å². The highest BCUT2D eigenvalue weighted by Gasteiger charge is 2.05. The van der Waals surface area contributed by atoms with E-state index in [1.54, 1.807) is 6.07 Å². The topological polar surface area (TPSA) is 21.3 Å². The second-order valence-corrected chi connectivity index (χ2v) is 4.20. The van der Waals surface area contributed by atoms with Crippen molar-refractivity contribution >= 4 is 0 Å². The average molecular weight is 263 g/mol. The maximum absolute atomic E-state index is 13.4. The molecule has 0 unspecified atom stereocenters. The quantitative estimate of drug-likeness (QED) is 0.894. The SMILES string of the molecule is CNCc1cccc(OCc2ccc(F)cc2F)c1. The van der Waals surface area contributed by atoms with Gasteiger partial charge in [-0.25, -0.2) is 8.78 Å². The summed E-state index contributed by atoms with van der Waals surface area (Å²) in [5.41, 5.74) is 1.42. The lowest BCUT2D eigenvalue weighted by Crippen LogP contribution is -2.05. The molecule has 0 heterocycles. The van der Waals surface area contributed by atoms with Crippen molar-refractivity contribution in [3.05, 3.63) is 65.2 Å². The van der Waals surface area contributed by atoms with Crippen molar-refractivity contribution in [1.82, 2.24) is 5.32 Å². The highest BCUT2D eigenvalue weighted by atomic mass is 19.1. The molecule has 4 heteroatoms. The van der Waals surface area contributed by atoms with Crippen LogP contribution in [0, 0.1) is 11.6 Å². The summed E-state index contributed by atoms with van der Waals surface area (Å²) in [6.07, 6.45) is 0. The van der Waals surface area contributed by atoms with E-state index in [0.717, 1.165) is 18.2 Å². The fraction of sp³-hybridized carbons (Fsp3) is 0.200. The fourth-order valence-electron chi connectivity index (χ4n) is 1.75. The normalized spacial score (nSPS) is 10.5. The smallest absolute Gasteiger partial charge is 0.132 e. The first-order chi connectivity index (χ1) is 9.19. The van der Waals surface area contributed by atoms with Crippen molar-refractivity contribution in [1.29, 1.82) is 0 Å². The Morgan fingerprint density at radius 2 is 1.95 bits per heavy atom. The van der Waals surface area contributed by atoms with Crippen LogP contribution in [0.3, 0.4) is 0 Å². The van der Waals surface area contributed by atoms with Gasteiger partial charge in [-0.05, 0) is 36.9 Å². The summed E-state index contributed by atoms with van der Waals surface area (Å²) in [6.45, 7) is 0.817. The molecule has 0 spiro atoms. The Hall–Kier alpha value is -1.94. The molecule has 0 radical (unpaired) electrons. The molecule has 2 nitrogen and oxygen atoms in total. The molecular formula is C15H15F2NO. The minimum Gasteiger partial charge on any atom is -0.489 e. The maximum Gasteiger partial charge on any atom is 0.132 e. The number of hydrogen-bond donors (Lipinski definition) is 1. The van der Waals surface area contributed by atoms with Crippen LogP contribution in [0.25, 0.3) is 0 Å². The third kappa shape index (κ3) is 3.76. The van der Waals surface area contributed by atoms with Crippen molar-refractivity contribution in [2.24, 2.45) is 0 Å². The minimum absolute atomic E-state index is 0.0785. The van der Waals surface area contributed by atoms with Crippen molar-refractivity contribution in [2.75, 3.05) is 7.05 Å². The van der Waals surface area contributed by atoms with Gasteiger partial charge < -0.3 is 10.1 Å². The van der Waals surface area contributed by atoms with Crippen molar-refractivity contribution in [2.45, 2.75) is 13.2 Å². The Kier molecular flexibility index (Phi) is 4.47. The Balaban J connectivity index is 2.03. The van der Waals surface area contributed by atoms with Crippen LogP contribution in [0.5, 0.6) is 5.75 Å². The second kappa shape index (κ2) is 6.29. The molecule has 0 fully saturated rings. The van der Waals surface area contributed by atoms with Crippen LogP contribution >= 0.6 is 0 Å². The molecule has 0 saturated carbocycles. The van der Waals surface area contributed by atoms with E-state index in [-0.39, 0.29) is 6.61 Å². The van der Waals surface area contributed by atoms with E-state index in [2.05, 4.69) is 5.32 Å². The van der Waals surface area contributed by atoms with Crippen molar-refractivity contribution in [3.63, 3.8) is 0 Å². The molecular weight excluding hydrogens is 248 g/mol. The van der Waals surface area contributed by atoms with Crippen LogP contribution in [0.1, 0.15) is 11.1 Å². The molecule has 0 atom stereocenters. The second-order valence-electron chi connectivity index (χ2n) is 4.20. The van der Waals surface area contributed by atoms with Gasteiger partial charge in [-0.3, -0.25) is 0 Å². The third-order valence-corrected chi connectivity index (χ3v) is 2.69. The summed E-state index contributed by atoms with van der Waals surface area (Å²) >= 11 is 0. The van der Waals surface area contributed by atoms with E-state index in [0.29, 0.717) is 11.3 Å². The van der Waals surface area contributed by atoms with E-state index < -0.39 is 11.6 Å². The summed E-state index contributed by atoms with van der Waals surface area (Å²) in [4.78, 5) is 0. The molecule has 0 bridgehead atoms. The monoisotopic (exact) mass is 263 g/mol. The molecule has 100 valence electrons. The van der Waals surface area contributed by atoms with Crippen molar-refractivity contribution in [3.8, 4) is 5.75 Å². The third-order valence-electron chi connectivity index (χ3n) is 2.69. The Morgan fingerprint density at radius 3 is 2.68 bits per heavy atom. The first-order valence-corrected chi connectivity index (χ1v) is 5.99. The van der Waals surface area contributed by atoms with Crippen LogP contribution < -0.4 is 10.1 Å². The molecule has 2 rings (SSSR count). The summed E-state index contributed by atoms with van der Waals surface area (Å²) in [7, 11) is 1.86. The lowest BCUT2D eigenvalue weighted by atomic mass is 10.2. The van der Waals surface area contributed by atoms with Crippen LogP contribution in [-0.4, -0.2) is 7.05 Å². The number of hydrogen-bond acceptors (Lipinski definition) is 2. The zero-order valence-electron chi connectivity index (χ0n) is 10.6. The van der Waals surface area contributed by atoms with Gasteiger partial charge in [0, 0.05) is 18.2 Å². The largest absolute Gasteiger partial charge is 0.489 e. The summed E-state index contributed by atoms with van der Waals surface area (Å²) < 4.78 is 31.7. The highest BCUT2D eigenvalue weighted by Crippen LogP contribution is 2.17. The standard InChI is InChI=1S/C15H15F2NO/c1-18-9-11-3-2-4-14(7-11)19-10-12-5-6-13(16)8-15(12)17/h2-8,18H,9-10H2,1H3.